The topological polar surface area (TPSA) is 62.5 Å². The molecule has 2 rings (SSSR count). The molecule has 1 aromatic rings. The van der Waals surface area contributed by atoms with Crippen LogP contribution >= 0.6 is 0 Å². The minimum absolute atomic E-state index is 0.489. The Hall–Kier alpha value is -1.52. The van der Waals surface area contributed by atoms with Gasteiger partial charge in [0, 0.05) is 25.7 Å². The van der Waals surface area contributed by atoms with E-state index >= 15 is 0 Å². The minimum atomic E-state index is 0.489. The van der Waals surface area contributed by atoms with Crippen molar-refractivity contribution in [2.45, 2.75) is 66.2 Å². The van der Waals surface area contributed by atoms with Crippen LogP contribution in [0.25, 0.3) is 0 Å². The number of hydrogen-bond acceptors (Lipinski definition) is 3. The summed E-state index contributed by atoms with van der Waals surface area (Å²) in [6, 6.07) is 0. The van der Waals surface area contributed by atoms with Crippen molar-refractivity contribution in [3.05, 3.63) is 17.0 Å². The fraction of sp³-hybridized carbons (Fsp3) is 0.789. The van der Waals surface area contributed by atoms with E-state index in [0.29, 0.717) is 5.41 Å². The van der Waals surface area contributed by atoms with Crippen LogP contribution in [0.2, 0.25) is 0 Å². The number of aliphatic imine (C=N–C) groups is 1. The highest BCUT2D eigenvalue weighted by atomic mass is 16.5. The first-order valence-corrected chi connectivity index (χ1v) is 9.32. The zero-order chi connectivity index (χ0) is 17.6. The quantitative estimate of drug-likeness (QED) is 0.433. The maximum absolute atomic E-state index is 5.21. The smallest absolute Gasteiger partial charge is 0.190 e. The van der Waals surface area contributed by atoms with Gasteiger partial charge in [-0.05, 0) is 57.3 Å². The van der Waals surface area contributed by atoms with Gasteiger partial charge in [0.15, 0.2) is 5.96 Å². The maximum atomic E-state index is 5.21. The van der Waals surface area contributed by atoms with Crippen LogP contribution in [0.4, 0.5) is 0 Å². The second-order valence-corrected chi connectivity index (χ2v) is 7.71. The lowest BCUT2D eigenvalue weighted by molar-refractivity contribution is 0.104. The van der Waals surface area contributed by atoms with Gasteiger partial charge in [0.05, 0.1) is 5.69 Å². The van der Waals surface area contributed by atoms with Gasteiger partial charge in [0.1, 0.15) is 5.76 Å². The molecule has 136 valence electrons. The number of rotatable bonds is 8. The van der Waals surface area contributed by atoms with Crippen molar-refractivity contribution in [1.82, 2.24) is 15.8 Å². The molecule has 1 aromatic heterocycles. The summed E-state index contributed by atoms with van der Waals surface area (Å²) in [5.41, 5.74) is 2.74. The Morgan fingerprint density at radius 2 is 2.04 bits per heavy atom. The lowest BCUT2D eigenvalue weighted by atomic mass is 9.64. The van der Waals surface area contributed by atoms with E-state index in [1.54, 1.807) is 0 Å². The predicted octanol–water partition coefficient (Wildman–Crippen LogP) is 3.61. The molecule has 1 heterocycles. The average Bonchev–Trinajstić information content (AvgIpc) is 2.82. The van der Waals surface area contributed by atoms with Crippen molar-refractivity contribution in [2.75, 3.05) is 20.1 Å². The predicted molar refractivity (Wildman–Crippen MR) is 99.4 cm³/mol. The Morgan fingerprint density at radius 1 is 1.29 bits per heavy atom. The largest absolute Gasteiger partial charge is 0.361 e. The summed E-state index contributed by atoms with van der Waals surface area (Å²) in [4.78, 5) is 4.36. The third-order valence-corrected chi connectivity index (χ3v) is 5.19. The van der Waals surface area contributed by atoms with Gasteiger partial charge in [0.25, 0.3) is 0 Å². The number of hydrogen-bond donors (Lipinski definition) is 2. The van der Waals surface area contributed by atoms with E-state index in [-0.39, 0.29) is 0 Å². The van der Waals surface area contributed by atoms with Crippen molar-refractivity contribution >= 4 is 5.96 Å². The molecule has 0 saturated heterocycles. The maximum Gasteiger partial charge on any atom is 0.190 e. The number of nitrogens with one attached hydrogen (secondary N) is 2. The molecule has 5 nitrogen and oxygen atoms in total. The molecule has 1 aliphatic carbocycles. The molecule has 24 heavy (non-hydrogen) atoms. The van der Waals surface area contributed by atoms with Crippen molar-refractivity contribution in [2.24, 2.45) is 16.3 Å². The molecule has 1 saturated carbocycles. The van der Waals surface area contributed by atoms with Gasteiger partial charge >= 0.3 is 0 Å². The van der Waals surface area contributed by atoms with Crippen LogP contribution in [0.5, 0.6) is 0 Å². The van der Waals surface area contributed by atoms with Crippen LogP contribution in [-0.4, -0.2) is 31.3 Å². The van der Waals surface area contributed by atoms with E-state index in [1.165, 1.54) is 31.2 Å². The Morgan fingerprint density at radius 3 is 2.54 bits per heavy atom. The molecule has 0 aromatic carbocycles. The lowest BCUT2D eigenvalue weighted by Crippen LogP contribution is -2.47. The Kier molecular flexibility index (Phi) is 6.69. The van der Waals surface area contributed by atoms with E-state index in [2.05, 4.69) is 34.6 Å². The summed E-state index contributed by atoms with van der Waals surface area (Å²) >= 11 is 0. The normalized spacial score (nSPS) is 17.0. The summed E-state index contributed by atoms with van der Waals surface area (Å²) in [5.74, 6) is 2.62. The van der Waals surface area contributed by atoms with Gasteiger partial charge in [-0.3, -0.25) is 4.99 Å². The summed E-state index contributed by atoms with van der Waals surface area (Å²) < 4.78 is 5.21. The van der Waals surface area contributed by atoms with E-state index in [0.717, 1.165) is 49.3 Å². The third kappa shape index (κ3) is 4.99. The molecule has 1 fully saturated rings. The molecule has 2 N–H and O–H groups in total. The average molecular weight is 335 g/mol. The van der Waals surface area contributed by atoms with Crippen molar-refractivity contribution in [1.29, 1.82) is 0 Å². The SMILES string of the molecule is CN=C(NCCCc1c(C)noc1C)NCC1(CC(C)C)CCC1. The van der Waals surface area contributed by atoms with Gasteiger partial charge in [-0.1, -0.05) is 25.4 Å². The molecular formula is C19H34N4O. The van der Waals surface area contributed by atoms with E-state index in [4.69, 9.17) is 4.52 Å². The van der Waals surface area contributed by atoms with E-state index in [9.17, 15) is 0 Å². The van der Waals surface area contributed by atoms with Crippen molar-refractivity contribution in [3.63, 3.8) is 0 Å². The third-order valence-electron chi connectivity index (χ3n) is 5.19. The molecule has 1 aliphatic rings. The van der Waals surface area contributed by atoms with Crippen LogP contribution < -0.4 is 10.6 Å². The Balaban J connectivity index is 1.71. The molecular weight excluding hydrogens is 300 g/mol. The molecule has 5 heteroatoms. The van der Waals surface area contributed by atoms with Gasteiger partial charge in [0.2, 0.25) is 0 Å². The highest BCUT2D eigenvalue weighted by Crippen LogP contribution is 2.45. The van der Waals surface area contributed by atoms with Crippen LogP contribution in [0.3, 0.4) is 0 Å². The Labute approximate surface area is 146 Å². The molecule has 0 atom stereocenters. The molecule has 0 bridgehead atoms. The van der Waals surface area contributed by atoms with E-state index < -0.39 is 0 Å². The monoisotopic (exact) mass is 334 g/mol. The first-order chi connectivity index (χ1) is 11.5. The molecule has 0 amide bonds. The zero-order valence-electron chi connectivity index (χ0n) is 16.0. The minimum Gasteiger partial charge on any atom is -0.361 e. The summed E-state index contributed by atoms with van der Waals surface area (Å²) in [7, 11) is 1.85. The van der Waals surface area contributed by atoms with Gasteiger partial charge in [-0.2, -0.15) is 0 Å². The number of aryl methyl sites for hydroxylation is 2. The molecule has 0 aliphatic heterocycles. The van der Waals surface area contributed by atoms with Crippen molar-refractivity contribution in [3.8, 4) is 0 Å². The van der Waals surface area contributed by atoms with Gasteiger partial charge < -0.3 is 15.2 Å². The second kappa shape index (κ2) is 8.54. The summed E-state index contributed by atoms with van der Waals surface area (Å²) in [6.45, 7) is 10.6. The van der Waals surface area contributed by atoms with Crippen molar-refractivity contribution < 1.29 is 4.52 Å². The van der Waals surface area contributed by atoms with Gasteiger partial charge in [-0.15, -0.1) is 0 Å². The van der Waals surface area contributed by atoms with Gasteiger partial charge in [-0.25, -0.2) is 0 Å². The lowest BCUT2D eigenvalue weighted by Gasteiger charge is -2.43. The van der Waals surface area contributed by atoms with Crippen LogP contribution in [0.1, 0.15) is 63.0 Å². The van der Waals surface area contributed by atoms with Crippen LogP contribution in [-0.2, 0) is 6.42 Å². The van der Waals surface area contributed by atoms with Crippen LogP contribution in [0, 0.1) is 25.2 Å². The van der Waals surface area contributed by atoms with E-state index in [1.807, 2.05) is 20.9 Å². The number of guanidine groups is 1. The number of nitrogens with zero attached hydrogens (tertiary/aromatic N) is 2. The summed E-state index contributed by atoms with van der Waals surface area (Å²) in [6.07, 6.45) is 7.41. The Bertz CT molecular complexity index is 524. The summed E-state index contributed by atoms with van der Waals surface area (Å²) in [5, 5.41) is 11.0. The molecule has 0 radical (unpaired) electrons. The standard InChI is InChI=1S/C19H34N4O/c1-14(2)12-19(9-7-10-19)13-22-18(20-5)21-11-6-8-17-15(3)23-24-16(17)4/h14H,6-13H2,1-5H3,(H2,20,21,22). The fourth-order valence-corrected chi connectivity index (χ4v) is 3.82. The first kappa shape index (κ1) is 18.8. The van der Waals surface area contributed by atoms with Crippen LogP contribution in [0.15, 0.2) is 9.52 Å². The highest BCUT2D eigenvalue weighted by Gasteiger charge is 2.37. The number of aromatic nitrogens is 1. The fourth-order valence-electron chi connectivity index (χ4n) is 3.82. The first-order valence-electron chi connectivity index (χ1n) is 9.32. The highest BCUT2D eigenvalue weighted by molar-refractivity contribution is 5.79. The molecule has 0 spiro atoms. The zero-order valence-corrected chi connectivity index (χ0v) is 16.0. The molecule has 0 unspecified atom stereocenters. The second-order valence-electron chi connectivity index (χ2n) is 7.71.